The van der Waals surface area contributed by atoms with E-state index in [2.05, 4.69) is 0 Å². The number of hydrogen-bond donors (Lipinski definition) is 0. The van der Waals surface area contributed by atoms with Crippen LogP contribution >= 0.6 is 23.2 Å². The Kier molecular flexibility index (Phi) is 4.77. The lowest BCUT2D eigenvalue weighted by molar-refractivity contribution is 0.379. The van der Waals surface area contributed by atoms with Crippen LogP contribution in [0.25, 0.3) is 0 Å². The lowest BCUT2D eigenvalue weighted by atomic mass is 10.2. The second kappa shape index (κ2) is 6.00. The van der Waals surface area contributed by atoms with Crippen LogP contribution in [0.4, 0.5) is 0 Å². The molecule has 0 amide bonds. The fourth-order valence-electron chi connectivity index (χ4n) is 2.48. The van der Waals surface area contributed by atoms with Gasteiger partial charge in [-0.05, 0) is 43.0 Å². The van der Waals surface area contributed by atoms with E-state index in [-0.39, 0.29) is 16.8 Å². The second-order valence-electron chi connectivity index (χ2n) is 4.71. The first-order valence-corrected chi connectivity index (χ1v) is 8.72. The summed E-state index contributed by atoms with van der Waals surface area (Å²) in [6, 6.07) is 4.84. The fourth-order valence-corrected chi connectivity index (χ4v) is 4.78. The van der Waals surface area contributed by atoms with Crippen LogP contribution in [-0.4, -0.2) is 25.3 Å². The van der Waals surface area contributed by atoms with Gasteiger partial charge in [-0.3, -0.25) is 0 Å². The molecule has 1 atom stereocenters. The van der Waals surface area contributed by atoms with Crippen molar-refractivity contribution in [1.29, 1.82) is 0 Å². The Hall–Kier alpha value is -0.290. The Morgan fingerprint density at radius 1 is 1.42 bits per heavy atom. The molecule has 0 radical (unpaired) electrons. The Balaban J connectivity index is 2.39. The van der Waals surface area contributed by atoms with Crippen molar-refractivity contribution in [2.45, 2.75) is 43.0 Å². The van der Waals surface area contributed by atoms with E-state index in [4.69, 9.17) is 23.2 Å². The van der Waals surface area contributed by atoms with Gasteiger partial charge in [0.15, 0.2) is 0 Å². The minimum atomic E-state index is -3.43. The second-order valence-corrected chi connectivity index (χ2v) is 7.27. The lowest BCUT2D eigenvalue weighted by Crippen LogP contribution is -2.35. The summed E-state index contributed by atoms with van der Waals surface area (Å²) in [6.07, 6.45) is 2.70. The van der Waals surface area contributed by atoms with Crippen molar-refractivity contribution in [2.75, 3.05) is 6.54 Å². The molecule has 1 aromatic rings. The van der Waals surface area contributed by atoms with Crippen molar-refractivity contribution < 1.29 is 8.42 Å². The van der Waals surface area contributed by atoms with Crippen molar-refractivity contribution in [2.24, 2.45) is 0 Å². The van der Waals surface area contributed by atoms with Crippen LogP contribution in [0.3, 0.4) is 0 Å². The molecule has 0 spiro atoms. The summed E-state index contributed by atoms with van der Waals surface area (Å²) >= 11 is 11.7. The summed E-state index contributed by atoms with van der Waals surface area (Å²) in [5.74, 6) is 0.208. The quantitative estimate of drug-likeness (QED) is 0.794. The maximum absolute atomic E-state index is 12.6. The van der Waals surface area contributed by atoms with Crippen molar-refractivity contribution in [1.82, 2.24) is 4.31 Å². The van der Waals surface area contributed by atoms with E-state index in [1.165, 1.54) is 0 Å². The molecular weight excluding hydrogens is 305 g/mol. The van der Waals surface area contributed by atoms with Gasteiger partial charge in [-0.2, -0.15) is 4.31 Å². The molecule has 0 bridgehead atoms. The first-order valence-electron chi connectivity index (χ1n) is 6.37. The highest BCUT2D eigenvalue weighted by atomic mass is 35.5. The molecule has 0 aromatic heterocycles. The third-order valence-electron chi connectivity index (χ3n) is 3.56. The minimum absolute atomic E-state index is 0.111. The summed E-state index contributed by atoms with van der Waals surface area (Å²) in [7, 11) is -3.43. The van der Waals surface area contributed by atoms with Crippen molar-refractivity contribution >= 4 is 33.2 Å². The molecule has 0 aliphatic carbocycles. The zero-order valence-electron chi connectivity index (χ0n) is 10.8. The summed E-state index contributed by atoms with van der Waals surface area (Å²) < 4.78 is 26.9. The first kappa shape index (κ1) is 15.1. The largest absolute Gasteiger partial charge is 0.243 e. The van der Waals surface area contributed by atoms with Gasteiger partial charge in [0.25, 0.3) is 0 Å². The zero-order chi connectivity index (χ0) is 14.0. The molecule has 1 heterocycles. The normalized spacial score (nSPS) is 20.9. The maximum atomic E-state index is 12.6. The summed E-state index contributed by atoms with van der Waals surface area (Å²) in [6.45, 7) is 2.62. The van der Waals surface area contributed by atoms with E-state index < -0.39 is 10.0 Å². The highest BCUT2D eigenvalue weighted by Crippen LogP contribution is 2.29. The lowest BCUT2D eigenvalue weighted by Gasteiger charge is -2.23. The molecule has 1 aromatic carbocycles. The molecule has 6 heteroatoms. The predicted octanol–water partition coefficient (Wildman–Crippen LogP) is 3.64. The molecule has 3 nitrogen and oxygen atoms in total. The molecule has 1 aliphatic heterocycles. The fraction of sp³-hybridized carbons (Fsp3) is 0.538. The van der Waals surface area contributed by atoms with Gasteiger partial charge in [0.1, 0.15) is 0 Å². The molecular formula is C13H17Cl2NO2S. The third kappa shape index (κ3) is 2.92. The number of nitrogens with zero attached hydrogens (tertiary/aromatic N) is 1. The Labute approximate surface area is 124 Å². The summed E-state index contributed by atoms with van der Waals surface area (Å²) in [5, 5.41) is 0.502. The molecule has 0 saturated carbocycles. The number of rotatable bonds is 4. The number of benzene rings is 1. The molecule has 1 unspecified atom stereocenters. The average Bonchev–Trinajstić information content (AvgIpc) is 2.88. The van der Waals surface area contributed by atoms with Crippen LogP contribution in [0.2, 0.25) is 5.02 Å². The van der Waals surface area contributed by atoms with Gasteiger partial charge >= 0.3 is 0 Å². The average molecular weight is 322 g/mol. The van der Waals surface area contributed by atoms with Gasteiger partial charge in [0.05, 0.1) is 4.90 Å². The molecule has 2 rings (SSSR count). The van der Waals surface area contributed by atoms with E-state index in [9.17, 15) is 8.42 Å². The van der Waals surface area contributed by atoms with Gasteiger partial charge < -0.3 is 0 Å². The Morgan fingerprint density at radius 3 is 2.79 bits per heavy atom. The van der Waals surface area contributed by atoms with Crippen molar-refractivity contribution in [3.05, 3.63) is 28.8 Å². The van der Waals surface area contributed by atoms with E-state index in [1.54, 1.807) is 22.5 Å². The van der Waals surface area contributed by atoms with Crippen LogP contribution < -0.4 is 0 Å². The summed E-state index contributed by atoms with van der Waals surface area (Å²) in [4.78, 5) is 0.285. The van der Waals surface area contributed by atoms with Gasteiger partial charge in [0.2, 0.25) is 10.0 Å². The highest BCUT2D eigenvalue weighted by Gasteiger charge is 2.34. The standard InChI is InChI=1S/C13H17Cl2NO2S/c1-2-11-4-3-7-16(11)19(17,18)12-5-6-13(15)10(8-12)9-14/h5-6,8,11H,2-4,7,9H2,1H3. The van der Waals surface area contributed by atoms with Crippen molar-refractivity contribution in [3.8, 4) is 0 Å². The van der Waals surface area contributed by atoms with E-state index >= 15 is 0 Å². The molecule has 19 heavy (non-hydrogen) atoms. The predicted molar refractivity (Wildman–Crippen MR) is 78.2 cm³/mol. The molecule has 1 fully saturated rings. The van der Waals surface area contributed by atoms with Gasteiger partial charge in [0, 0.05) is 23.5 Å². The number of alkyl halides is 1. The van der Waals surface area contributed by atoms with E-state index in [1.807, 2.05) is 6.92 Å². The first-order chi connectivity index (χ1) is 9.00. The van der Waals surface area contributed by atoms with Gasteiger partial charge in [-0.1, -0.05) is 18.5 Å². The van der Waals surface area contributed by atoms with Crippen LogP contribution in [0.5, 0.6) is 0 Å². The zero-order valence-corrected chi connectivity index (χ0v) is 13.1. The SMILES string of the molecule is CCC1CCCN1S(=O)(=O)c1ccc(Cl)c(CCl)c1. The third-order valence-corrected chi connectivity index (χ3v) is 6.17. The van der Waals surface area contributed by atoms with Crippen LogP contribution in [0, 0.1) is 0 Å². The Morgan fingerprint density at radius 2 is 2.16 bits per heavy atom. The smallest absolute Gasteiger partial charge is 0.207 e. The van der Waals surface area contributed by atoms with Crippen LogP contribution in [0.1, 0.15) is 31.7 Å². The number of halogens is 2. The van der Waals surface area contributed by atoms with Gasteiger partial charge in [-0.25, -0.2) is 8.42 Å². The molecule has 1 aliphatic rings. The van der Waals surface area contributed by atoms with E-state index in [0.717, 1.165) is 19.3 Å². The summed E-state index contributed by atoms with van der Waals surface area (Å²) in [5.41, 5.74) is 0.650. The number of hydrogen-bond acceptors (Lipinski definition) is 2. The number of sulfonamides is 1. The molecule has 0 N–H and O–H groups in total. The van der Waals surface area contributed by atoms with E-state index in [0.29, 0.717) is 17.1 Å². The van der Waals surface area contributed by atoms with Crippen LogP contribution in [-0.2, 0) is 15.9 Å². The topological polar surface area (TPSA) is 37.4 Å². The van der Waals surface area contributed by atoms with Crippen molar-refractivity contribution in [3.63, 3.8) is 0 Å². The van der Waals surface area contributed by atoms with Gasteiger partial charge in [-0.15, -0.1) is 11.6 Å². The molecule has 106 valence electrons. The Bertz CT molecular complexity index is 560. The molecule has 1 saturated heterocycles. The highest BCUT2D eigenvalue weighted by molar-refractivity contribution is 7.89. The minimum Gasteiger partial charge on any atom is -0.207 e. The monoisotopic (exact) mass is 321 g/mol. The maximum Gasteiger partial charge on any atom is 0.243 e. The van der Waals surface area contributed by atoms with Crippen LogP contribution in [0.15, 0.2) is 23.1 Å².